The third-order valence-electron chi connectivity index (χ3n) is 6.36. The van der Waals surface area contributed by atoms with Crippen molar-refractivity contribution in [1.82, 2.24) is 0 Å². The van der Waals surface area contributed by atoms with Crippen LogP contribution in [0.4, 0.5) is 0 Å². The molecule has 0 aliphatic rings. The molecule has 0 saturated heterocycles. The predicted octanol–water partition coefficient (Wildman–Crippen LogP) is 9.22. The summed E-state index contributed by atoms with van der Waals surface area (Å²) in [5.41, 5.74) is 4.25. The van der Waals surface area contributed by atoms with Gasteiger partial charge in [0.25, 0.3) is 0 Å². The summed E-state index contributed by atoms with van der Waals surface area (Å²) in [6, 6.07) is 37.8. The van der Waals surface area contributed by atoms with Gasteiger partial charge in [-0.25, -0.2) is 0 Å². The van der Waals surface area contributed by atoms with E-state index in [9.17, 15) is 0 Å². The highest BCUT2D eigenvalue weighted by atomic mass is 32.1. The minimum atomic E-state index is 1.02. The third-order valence-corrected chi connectivity index (χ3v) is 8.73. The zero-order valence-corrected chi connectivity index (χ0v) is 20.8. The number of thiophene rings is 2. The molecule has 0 radical (unpaired) electrons. The second kappa shape index (κ2) is 8.71. The smallest absolute Gasteiger partial charge is 0.0532 e. The molecule has 7 aromatic rings. The second-order valence-electron chi connectivity index (χ2n) is 8.59. The van der Waals surface area contributed by atoms with Crippen LogP contribution in [-0.2, 0) is 0 Å². The maximum Gasteiger partial charge on any atom is 0.0532 e. The molecule has 0 aliphatic carbocycles. The Morgan fingerprint density at radius 3 is 1.22 bits per heavy atom. The lowest BCUT2D eigenvalue weighted by Gasteiger charge is -2.05. The van der Waals surface area contributed by atoms with E-state index in [1.165, 1.54) is 40.3 Å². The quantitative estimate of drug-likeness (QED) is 0.186. The van der Waals surface area contributed by atoms with Gasteiger partial charge in [0.2, 0.25) is 0 Å². The summed E-state index contributed by atoms with van der Waals surface area (Å²) in [6.45, 7) is 0. The monoisotopic (exact) mass is 490 g/mol. The van der Waals surface area contributed by atoms with Crippen LogP contribution in [-0.4, -0.2) is 0 Å². The van der Waals surface area contributed by atoms with Crippen LogP contribution in [0.2, 0.25) is 0 Å². The van der Waals surface area contributed by atoms with Crippen LogP contribution in [0, 0.1) is 23.7 Å². The Hall–Kier alpha value is -4.34. The topological polar surface area (TPSA) is 0 Å². The number of benzene rings is 5. The fourth-order valence-electron chi connectivity index (χ4n) is 4.72. The number of hydrogen-bond donors (Lipinski definition) is 0. The van der Waals surface area contributed by atoms with Crippen molar-refractivity contribution in [3.8, 4) is 23.7 Å². The van der Waals surface area contributed by atoms with Crippen molar-refractivity contribution >= 4 is 63.0 Å². The highest BCUT2D eigenvalue weighted by Gasteiger charge is 2.20. The van der Waals surface area contributed by atoms with E-state index in [4.69, 9.17) is 0 Å². The molecule has 2 heterocycles. The molecule has 2 heteroatoms. The van der Waals surface area contributed by atoms with E-state index in [2.05, 4.69) is 96.5 Å². The molecule has 0 bridgehead atoms. The van der Waals surface area contributed by atoms with Crippen LogP contribution in [0.25, 0.3) is 40.3 Å². The van der Waals surface area contributed by atoms with Gasteiger partial charge in [0.1, 0.15) is 0 Å². The first-order valence-electron chi connectivity index (χ1n) is 11.8. The Labute approximate surface area is 217 Å². The highest BCUT2D eigenvalue weighted by molar-refractivity contribution is 7.28. The fourth-order valence-corrected chi connectivity index (χ4v) is 7.15. The Kier molecular flexibility index (Phi) is 5.07. The zero-order chi connectivity index (χ0) is 23.9. The van der Waals surface area contributed by atoms with E-state index in [-0.39, 0.29) is 0 Å². The largest absolute Gasteiger partial charge is 0.134 e. The van der Waals surface area contributed by atoms with Crippen molar-refractivity contribution in [3.05, 3.63) is 131 Å². The maximum absolute atomic E-state index is 3.61. The zero-order valence-electron chi connectivity index (χ0n) is 19.2. The van der Waals surface area contributed by atoms with Crippen LogP contribution < -0.4 is 0 Å². The molecule has 0 saturated carbocycles. The molecule has 0 unspecified atom stereocenters. The summed E-state index contributed by atoms with van der Waals surface area (Å²) in [7, 11) is 0. The predicted molar refractivity (Wildman–Crippen MR) is 157 cm³/mol. The van der Waals surface area contributed by atoms with E-state index < -0.39 is 0 Å². The van der Waals surface area contributed by atoms with Gasteiger partial charge in [-0.15, -0.1) is 22.7 Å². The summed E-state index contributed by atoms with van der Waals surface area (Å²) in [5, 5.41) is 4.93. The average molecular weight is 491 g/mol. The molecular formula is C34H18S2. The van der Waals surface area contributed by atoms with Gasteiger partial charge in [-0.05, 0) is 36.4 Å². The SMILES string of the molecule is C(#Cc1c2sc3ccccc3c2c(C#Cc2ccccc2)c2sc3ccccc3c12)c1ccccc1. The molecule has 0 fully saturated rings. The standard InChI is InChI=1S/C34H18S2/c1-3-11-23(12-4-1)19-21-27-31-25-15-7-9-17-29(25)36-34(31)28(22-20-24-13-5-2-6-14-24)32-26-16-8-10-18-30(26)35-33(27)32/h1-18H. The number of rotatable bonds is 0. The maximum atomic E-state index is 3.61. The Morgan fingerprint density at radius 1 is 0.389 bits per heavy atom. The molecule has 0 aliphatic heterocycles. The van der Waals surface area contributed by atoms with Crippen LogP contribution in [0.1, 0.15) is 22.3 Å². The van der Waals surface area contributed by atoms with E-state index in [0.717, 1.165) is 22.3 Å². The minimum Gasteiger partial charge on any atom is -0.134 e. The van der Waals surface area contributed by atoms with Gasteiger partial charge in [-0.3, -0.25) is 0 Å². The normalized spacial score (nSPS) is 10.9. The first-order valence-corrected chi connectivity index (χ1v) is 13.4. The summed E-state index contributed by atoms with van der Waals surface area (Å²) in [4.78, 5) is 0. The Morgan fingerprint density at radius 2 is 0.778 bits per heavy atom. The Balaban J connectivity index is 1.66. The molecule has 0 spiro atoms. The third kappa shape index (κ3) is 3.48. The van der Waals surface area contributed by atoms with Gasteiger partial charge in [0.05, 0.1) is 20.5 Å². The van der Waals surface area contributed by atoms with Gasteiger partial charge in [0, 0.05) is 42.1 Å². The highest BCUT2D eigenvalue weighted by Crippen LogP contribution is 2.47. The van der Waals surface area contributed by atoms with Gasteiger partial charge in [-0.1, -0.05) is 96.5 Å². The van der Waals surface area contributed by atoms with Gasteiger partial charge >= 0.3 is 0 Å². The van der Waals surface area contributed by atoms with Crippen molar-refractivity contribution in [2.75, 3.05) is 0 Å². The molecule has 7 rings (SSSR count). The van der Waals surface area contributed by atoms with Crippen LogP contribution >= 0.6 is 22.7 Å². The molecule has 36 heavy (non-hydrogen) atoms. The van der Waals surface area contributed by atoms with Crippen LogP contribution in [0.5, 0.6) is 0 Å². The van der Waals surface area contributed by atoms with Crippen LogP contribution in [0.15, 0.2) is 109 Å². The average Bonchev–Trinajstić information content (AvgIpc) is 3.51. The lowest BCUT2D eigenvalue weighted by atomic mass is 9.97. The second-order valence-corrected chi connectivity index (χ2v) is 10.7. The van der Waals surface area contributed by atoms with Crippen molar-refractivity contribution in [1.29, 1.82) is 0 Å². The van der Waals surface area contributed by atoms with Gasteiger partial charge in [-0.2, -0.15) is 0 Å². The first-order chi connectivity index (χ1) is 17.9. The Bertz CT molecular complexity index is 1880. The summed E-state index contributed by atoms with van der Waals surface area (Å²) < 4.78 is 4.96. The van der Waals surface area contributed by atoms with Gasteiger partial charge in [0.15, 0.2) is 0 Å². The first kappa shape index (κ1) is 21.0. The number of fused-ring (bicyclic) bond motifs is 6. The number of hydrogen-bond acceptors (Lipinski definition) is 2. The molecule has 166 valence electrons. The summed E-state index contributed by atoms with van der Waals surface area (Å²) in [5.74, 6) is 14.1. The molecule has 2 aromatic heterocycles. The van der Waals surface area contributed by atoms with Crippen molar-refractivity contribution in [2.24, 2.45) is 0 Å². The lowest BCUT2D eigenvalue weighted by Crippen LogP contribution is -1.86. The minimum absolute atomic E-state index is 1.02. The van der Waals surface area contributed by atoms with E-state index >= 15 is 0 Å². The molecule has 0 N–H and O–H groups in total. The molecule has 0 nitrogen and oxygen atoms in total. The van der Waals surface area contributed by atoms with Gasteiger partial charge < -0.3 is 0 Å². The molecule has 0 amide bonds. The van der Waals surface area contributed by atoms with E-state index in [1.54, 1.807) is 0 Å². The lowest BCUT2D eigenvalue weighted by molar-refractivity contribution is 1.65. The molecule has 0 atom stereocenters. The summed E-state index contributed by atoms with van der Waals surface area (Å²) in [6.07, 6.45) is 0. The van der Waals surface area contributed by atoms with Crippen molar-refractivity contribution < 1.29 is 0 Å². The van der Waals surface area contributed by atoms with Crippen molar-refractivity contribution in [2.45, 2.75) is 0 Å². The van der Waals surface area contributed by atoms with Crippen molar-refractivity contribution in [3.63, 3.8) is 0 Å². The molecule has 5 aromatic carbocycles. The molecular weight excluding hydrogens is 473 g/mol. The summed E-state index contributed by atoms with van der Waals surface area (Å²) >= 11 is 3.64. The fraction of sp³-hybridized carbons (Fsp3) is 0. The van der Waals surface area contributed by atoms with E-state index in [0.29, 0.717) is 0 Å². The van der Waals surface area contributed by atoms with Crippen LogP contribution in [0.3, 0.4) is 0 Å². The van der Waals surface area contributed by atoms with E-state index in [1.807, 2.05) is 59.1 Å².